The molecule has 0 unspecified atom stereocenters. The normalized spacial score (nSPS) is 14.5. The van der Waals surface area contributed by atoms with Gasteiger partial charge in [0.1, 0.15) is 17.1 Å². The Morgan fingerprint density at radius 3 is 2.59 bits per heavy atom. The number of amides is 1. The van der Waals surface area contributed by atoms with Crippen molar-refractivity contribution in [1.29, 1.82) is 0 Å². The number of rotatable bonds is 6. The van der Waals surface area contributed by atoms with Crippen molar-refractivity contribution in [3.63, 3.8) is 0 Å². The summed E-state index contributed by atoms with van der Waals surface area (Å²) < 4.78 is 7.30. The molecule has 5 rings (SSSR count). The van der Waals surface area contributed by atoms with Gasteiger partial charge in [0, 0.05) is 11.4 Å². The Bertz CT molecular complexity index is 1340. The lowest BCUT2D eigenvalue weighted by atomic mass is 10.00. The Hall–Kier alpha value is -4.32. The monoisotopic (exact) mass is 450 g/mol. The van der Waals surface area contributed by atoms with E-state index in [4.69, 9.17) is 4.74 Å². The van der Waals surface area contributed by atoms with Crippen LogP contribution in [-0.4, -0.2) is 22.8 Å². The van der Waals surface area contributed by atoms with Crippen LogP contribution in [0.3, 0.4) is 0 Å². The summed E-state index contributed by atoms with van der Waals surface area (Å²) in [7, 11) is 1.66. The lowest BCUT2D eigenvalue weighted by molar-refractivity contribution is 0.102. The number of hydrogen-bond acceptors (Lipinski definition) is 4. The van der Waals surface area contributed by atoms with E-state index < -0.39 is 0 Å². The molecule has 1 aliphatic rings. The average molecular weight is 451 g/mol. The molecule has 170 valence electrons. The standard InChI is InChI=1S/C28H26N4O2/c1-3-19-12-14-20(15-13-19)25-17-26(21-8-7-11-23(16-21)34-2)32-27(31-25)24(18-29-32)28(33)30-22-9-5-4-6-10-22/h4-18,26,31H,3H2,1-2H3,(H,30,33)/t26-/m0/s1. The van der Waals surface area contributed by atoms with Gasteiger partial charge in [-0.25, -0.2) is 4.68 Å². The van der Waals surface area contributed by atoms with Crippen LogP contribution in [0.2, 0.25) is 0 Å². The number of carbonyl (C=O) groups excluding carboxylic acids is 1. The van der Waals surface area contributed by atoms with Crippen molar-refractivity contribution >= 4 is 23.1 Å². The van der Waals surface area contributed by atoms with Gasteiger partial charge in [0.05, 0.1) is 19.3 Å². The molecule has 6 heteroatoms. The number of nitrogens with one attached hydrogen (secondary N) is 2. The van der Waals surface area contributed by atoms with E-state index in [-0.39, 0.29) is 11.9 Å². The molecule has 4 aromatic rings. The highest BCUT2D eigenvalue weighted by atomic mass is 16.5. The topological polar surface area (TPSA) is 68.2 Å². The van der Waals surface area contributed by atoms with Crippen LogP contribution in [0, 0.1) is 0 Å². The predicted molar refractivity (Wildman–Crippen MR) is 135 cm³/mol. The first-order chi connectivity index (χ1) is 16.7. The zero-order chi connectivity index (χ0) is 23.5. The van der Waals surface area contributed by atoms with Crippen molar-refractivity contribution in [2.75, 3.05) is 17.7 Å². The predicted octanol–water partition coefficient (Wildman–Crippen LogP) is 5.76. The molecule has 0 saturated heterocycles. The third kappa shape index (κ3) is 4.18. The van der Waals surface area contributed by atoms with Crippen molar-refractivity contribution in [2.45, 2.75) is 19.4 Å². The van der Waals surface area contributed by atoms with Crippen LogP contribution in [-0.2, 0) is 6.42 Å². The van der Waals surface area contributed by atoms with E-state index in [2.05, 4.69) is 53.0 Å². The Balaban J connectivity index is 1.56. The number of fused-ring (bicyclic) bond motifs is 1. The molecule has 1 amide bonds. The second-order valence-electron chi connectivity index (χ2n) is 8.15. The van der Waals surface area contributed by atoms with Crippen LogP contribution in [0.5, 0.6) is 5.75 Å². The fraction of sp³-hybridized carbons (Fsp3) is 0.143. The average Bonchev–Trinajstić information content (AvgIpc) is 3.33. The molecule has 0 saturated carbocycles. The minimum absolute atomic E-state index is 0.203. The number of aryl methyl sites for hydroxylation is 1. The largest absolute Gasteiger partial charge is 0.497 e. The first kappa shape index (κ1) is 21.5. The maximum Gasteiger partial charge on any atom is 0.261 e. The van der Waals surface area contributed by atoms with Gasteiger partial charge in [0.25, 0.3) is 5.91 Å². The van der Waals surface area contributed by atoms with Crippen LogP contribution in [0.15, 0.2) is 91.1 Å². The molecule has 2 heterocycles. The van der Waals surface area contributed by atoms with E-state index in [1.165, 1.54) is 5.56 Å². The summed E-state index contributed by atoms with van der Waals surface area (Å²) >= 11 is 0. The van der Waals surface area contributed by atoms with Gasteiger partial charge in [-0.2, -0.15) is 5.10 Å². The summed E-state index contributed by atoms with van der Waals surface area (Å²) in [5, 5.41) is 11.0. The van der Waals surface area contributed by atoms with Crippen molar-refractivity contribution in [1.82, 2.24) is 9.78 Å². The van der Waals surface area contributed by atoms with Crippen LogP contribution in [0.1, 0.15) is 40.0 Å². The number of methoxy groups -OCH3 is 1. The van der Waals surface area contributed by atoms with E-state index >= 15 is 0 Å². The van der Waals surface area contributed by atoms with Gasteiger partial charge in [-0.1, -0.05) is 61.5 Å². The van der Waals surface area contributed by atoms with E-state index in [9.17, 15) is 4.79 Å². The summed E-state index contributed by atoms with van der Waals surface area (Å²) in [6.45, 7) is 2.14. The number of anilines is 2. The van der Waals surface area contributed by atoms with Crippen molar-refractivity contribution < 1.29 is 9.53 Å². The molecule has 34 heavy (non-hydrogen) atoms. The van der Waals surface area contributed by atoms with Crippen LogP contribution >= 0.6 is 0 Å². The second kappa shape index (κ2) is 9.27. The SMILES string of the molecule is CCc1ccc(C2=C[C@@H](c3cccc(OC)c3)n3ncc(C(=O)Nc4ccccc4)c3N2)cc1. The number of allylic oxidation sites excluding steroid dienone is 1. The zero-order valence-corrected chi connectivity index (χ0v) is 19.2. The summed E-state index contributed by atoms with van der Waals surface area (Å²) in [5.74, 6) is 1.21. The maximum absolute atomic E-state index is 13.2. The minimum atomic E-state index is -0.216. The number of hydrogen-bond donors (Lipinski definition) is 2. The van der Waals surface area contributed by atoms with E-state index in [0.717, 1.165) is 34.7 Å². The maximum atomic E-state index is 13.2. The van der Waals surface area contributed by atoms with Crippen molar-refractivity contribution in [3.05, 3.63) is 113 Å². The second-order valence-corrected chi connectivity index (χ2v) is 8.15. The van der Waals surface area contributed by atoms with Crippen LogP contribution in [0.4, 0.5) is 11.5 Å². The molecule has 0 aliphatic carbocycles. The zero-order valence-electron chi connectivity index (χ0n) is 19.2. The first-order valence-electron chi connectivity index (χ1n) is 11.3. The van der Waals surface area contributed by atoms with Gasteiger partial charge in [0.2, 0.25) is 0 Å². The molecular formula is C28H26N4O2. The van der Waals surface area contributed by atoms with Gasteiger partial charge >= 0.3 is 0 Å². The summed E-state index contributed by atoms with van der Waals surface area (Å²) in [4.78, 5) is 13.2. The molecular weight excluding hydrogens is 424 g/mol. The van der Waals surface area contributed by atoms with Gasteiger partial charge in [0.15, 0.2) is 0 Å². The molecule has 6 nitrogen and oxygen atoms in total. The minimum Gasteiger partial charge on any atom is -0.497 e. The lowest BCUT2D eigenvalue weighted by Crippen LogP contribution is -2.22. The van der Waals surface area contributed by atoms with Gasteiger partial charge < -0.3 is 15.4 Å². The highest BCUT2D eigenvalue weighted by Crippen LogP contribution is 2.36. The van der Waals surface area contributed by atoms with Gasteiger partial charge in [-0.05, 0) is 53.5 Å². The fourth-order valence-corrected chi connectivity index (χ4v) is 4.13. The van der Waals surface area contributed by atoms with E-state index in [0.29, 0.717) is 11.4 Å². The Labute approximate surface area is 198 Å². The number of carbonyl (C=O) groups is 1. The molecule has 1 atom stereocenters. The fourth-order valence-electron chi connectivity index (χ4n) is 4.13. The number of nitrogens with zero attached hydrogens (tertiary/aromatic N) is 2. The van der Waals surface area contributed by atoms with Crippen molar-refractivity contribution in [3.8, 4) is 5.75 Å². The highest BCUT2D eigenvalue weighted by Gasteiger charge is 2.28. The molecule has 3 aromatic carbocycles. The Morgan fingerprint density at radius 1 is 1.06 bits per heavy atom. The quantitative estimate of drug-likeness (QED) is 0.392. The Morgan fingerprint density at radius 2 is 1.85 bits per heavy atom. The molecule has 0 bridgehead atoms. The molecule has 0 fully saturated rings. The molecule has 0 radical (unpaired) electrons. The lowest BCUT2D eigenvalue weighted by Gasteiger charge is -2.26. The molecule has 1 aromatic heterocycles. The van der Waals surface area contributed by atoms with Gasteiger partial charge in [-0.3, -0.25) is 4.79 Å². The number of aromatic nitrogens is 2. The smallest absolute Gasteiger partial charge is 0.261 e. The van der Waals surface area contributed by atoms with E-state index in [1.54, 1.807) is 13.3 Å². The third-order valence-electron chi connectivity index (χ3n) is 6.02. The summed E-state index contributed by atoms with van der Waals surface area (Å²) in [6, 6.07) is 25.6. The number of para-hydroxylation sites is 1. The van der Waals surface area contributed by atoms with Crippen LogP contribution in [0.25, 0.3) is 5.70 Å². The first-order valence-corrected chi connectivity index (χ1v) is 11.3. The van der Waals surface area contributed by atoms with Gasteiger partial charge in [-0.15, -0.1) is 0 Å². The van der Waals surface area contributed by atoms with E-state index in [1.807, 2.05) is 59.3 Å². The number of ether oxygens (including phenoxy) is 1. The molecule has 1 aliphatic heterocycles. The molecule has 2 N–H and O–H groups in total. The summed E-state index contributed by atoms with van der Waals surface area (Å²) in [5.41, 5.74) is 5.48. The Kier molecular flexibility index (Phi) is 5.87. The highest BCUT2D eigenvalue weighted by molar-refractivity contribution is 6.08. The molecule has 0 spiro atoms. The van der Waals surface area contributed by atoms with Crippen molar-refractivity contribution in [2.24, 2.45) is 0 Å². The van der Waals surface area contributed by atoms with Crippen LogP contribution < -0.4 is 15.4 Å². The summed E-state index contributed by atoms with van der Waals surface area (Å²) in [6.07, 6.45) is 4.73. The third-order valence-corrected chi connectivity index (χ3v) is 6.02. The number of benzene rings is 3.